The summed E-state index contributed by atoms with van der Waals surface area (Å²) in [6, 6.07) is 6.86. The largest absolute Gasteiger partial charge is 0.468 e. The fraction of sp³-hybridized carbons (Fsp3) is 0.375. The van der Waals surface area contributed by atoms with Gasteiger partial charge in [-0.15, -0.1) is 0 Å². The molecule has 0 bridgehead atoms. The van der Waals surface area contributed by atoms with Crippen LogP contribution in [0.5, 0.6) is 0 Å². The number of furan rings is 2. The summed E-state index contributed by atoms with van der Waals surface area (Å²) in [4.78, 5) is 25.5. The summed E-state index contributed by atoms with van der Waals surface area (Å²) in [6.45, 7) is 0.685. The SMILES string of the molecule is CN(C)C(CNC(=O)CCNC(=O)c1ccco1)c1ccco1. The fourth-order valence-corrected chi connectivity index (χ4v) is 2.10. The summed E-state index contributed by atoms with van der Waals surface area (Å²) in [5.41, 5.74) is 0. The lowest BCUT2D eigenvalue weighted by atomic mass is 10.2. The van der Waals surface area contributed by atoms with Crippen molar-refractivity contribution in [3.8, 4) is 0 Å². The minimum Gasteiger partial charge on any atom is -0.468 e. The van der Waals surface area contributed by atoms with Crippen LogP contribution in [0.25, 0.3) is 0 Å². The maximum absolute atomic E-state index is 11.9. The number of hydrogen-bond donors (Lipinski definition) is 2. The van der Waals surface area contributed by atoms with Gasteiger partial charge >= 0.3 is 0 Å². The van der Waals surface area contributed by atoms with Crippen molar-refractivity contribution in [3.63, 3.8) is 0 Å². The third kappa shape index (κ3) is 5.00. The summed E-state index contributed by atoms with van der Waals surface area (Å²) >= 11 is 0. The number of amides is 2. The molecule has 2 aromatic rings. The Labute approximate surface area is 134 Å². The molecule has 0 saturated heterocycles. The van der Waals surface area contributed by atoms with Crippen molar-refractivity contribution >= 4 is 11.8 Å². The van der Waals surface area contributed by atoms with Crippen LogP contribution in [0.4, 0.5) is 0 Å². The van der Waals surface area contributed by atoms with Crippen LogP contribution in [-0.4, -0.2) is 43.9 Å². The summed E-state index contributed by atoms with van der Waals surface area (Å²) in [6.07, 6.45) is 3.24. The number of rotatable bonds is 8. The van der Waals surface area contributed by atoms with Gasteiger partial charge in [0, 0.05) is 19.5 Å². The molecule has 0 aromatic carbocycles. The molecule has 23 heavy (non-hydrogen) atoms. The Morgan fingerprint density at radius 2 is 1.87 bits per heavy atom. The molecule has 7 nitrogen and oxygen atoms in total. The Morgan fingerprint density at radius 1 is 1.13 bits per heavy atom. The Hall–Kier alpha value is -2.54. The Morgan fingerprint density at radius 3 is 2.48 bits per heavy atom. The fourth-order valence-electron chi connectivity index (χ4n) is 2.10. The van der Waals surface area contributed by atoms with E-state index in [0.29, 0.717) is 6.54 Å². The molecular weight excluding hydrogens is 298 g/mol. The molecule has 2 aromatic heterocycles. The molecule has 0 saturated carbocycles. The van der Waals surface area contributed by atoms with E-state index >= 15 is 0 Å². The number of likely N-dealkylation sites (N-methyl/N-ethyl adjacent to an activating group) is 1. The first-order valence-electron chi connectivity index (χ1n) is 7.36. The zero-order chi connectivity index (χ0) is 16.7. The lowest BCUT2D eigenvalue weighted by Crippen LogP contribution is -2.36. The van der Waals surface area contributed by atoms with Crippen LogP contribution in [0.3, 0.4) is 0 Å². The maximum atomic E-state index is 11.9. The molecule has 0 fully saturated rings. The normalized spacial score (nSPS) is 12.1. The predicted molar refractivity (Wildman–Crippen MR) is 83.8 cm³/mol. The van der Waals surface area contributed by atoms with Gasteiger partial charge in [0.25, 0.3) is 5.91 Å². The first-order chi connectivity index (χ1) is 11.1. The number of nitrogens with zero attached hydrogens (tertiary/aromatic N) is 1. The van der Waals surface area contributed by atoms with Gasteiger partial charge < -0.3 is 19.5 Å². The van der Waals surface area contributed by atoms with E-state index in [0.717, 1.165) is 5.76 Å². The monoisotopic (exact) mass is 319 g/mol. The molecule has 0 radical (unpaired) electrons. The second-order valence-electron chi connectivity index (χ2n) is 5.28. The highest BCUT2D eigenvalue weighted by molar-refractivity contribution is 5.91. The third-order valence-corrected chi connectivity index (χ3v) is 3.37. The van der Waals surface area contributed by atoms with Crippen LogP contribution in [0, 0.1) is 0 Å². The molecule has 1 atom stereocenters. The van der Waals surface area contributed by atoms with Crippen molar-refractivity contribution in [2.45, 2.75) is 12.5 Å². The zero-order valence-corrected chi connectivity index (χ0v) is 13.2. The molecule has 0 aliphatic carbocycles. The first kappa shape index (κ1) is 16.8. The zero-order valence-electron chi connectivity index (χ0n) is 13.2. The van der Waals surface area contributed by atoms with Crippen molar-refractivity contribution in [1.82, 2.24) is 15.5 Å². The van der Waals surface area contributed by atoms with Crippen molar-refractivity contribution in [2.24, 2.45) is 0 Å². The molecule has 0 aliphatic rings. The van der Waals surface area contributed by atoms with Gasteiger partial charge in [0.05, 0.1) is 18.6 Å². The van der Waals surface area contributed by atoms with E-state index in [9.17, 15) is 9.59 Å². The molecule has 0 spiro atoms. The molecule has 2 heterocycles. The quantitative estimate of drug-likeness (QED) is 0.768. The van der Waals surface area contributed by atoms with E-state index in [1.807, 2.05) is 31.1 Å². The van der Waals surface area contributed by atoms with Crippen molar-refractivity contribution < 1.29 is 18.4 Å². The highest BCUT2D eigenvalue weighted by Gasteiger charge is 2.17. The molecule has 2 amide bonds. The standard InChI is InChI=1S/C16H21N3O4/c1-19(2)12(13-5-3-9-22-13)11-18-15(20)7-8-17-16(21)14-6-4-10-23-14/h3-6,9-10,12H,7-8,11H2,1-2H3,(H,17,21)(H,18,20). The number of carbonyl (C=O) groups excluding carboxylic acids is 2. The van der Waals surface area contributed by atoms with Gasteiger partial charge in [0.1, 0.15) is 5.76 Å². The van der Waals surface area contributed by atoms with Gasteiger partial charge in [-0.25, -0.2) is 0 Å². The highest BCUT2D eigenvalue weighted by Crippen LogP contribution is 2.17. The minimum absolute atomic E-state index is 0.0355. The Bertz CT molecular complexity index is 605. The van der Waals surface area contributed by atoms with E-state index in [-0.39, 0.29) is 36.6 Å². The van der Waals surface area contributed by atoms with Gasteiger partial charge in [0.15, 0.2) is 5.76 Å². The first-order valence-corrected chi connectivity index (χ1v) is 7.36. The number of nitrogens with one attached hydrogen (secondary N) is 2. The van der Waals surface area contributed by atoms with Crippen LogP contribution in [0.2, 0.25) is 0 Å². The maximum Gasteiger partial charge on any atom is 0.286 e. The summed E-state index contributed by atoms with van der Waals surface area (Å²) < 4.78 is 10.4. The van der Waals surface area contributed by atoms with Gasteiger partial charge in [-0.1, -0.05) is 0 Å². The van der Waals surface area contributed by atoms with E-state index < -0.39 is 0 Å². The van der Waals surface area contributed by atoms with Crippen molar-refractivity contribution in [2.75, 3.05) is 27.2 Å². The van der Waals surface area contributed by atoms with Gasteiger partial charge in [0.2, 0.25) is 5.91 Å². The topological polar surface area (TPSA) is 87.7 Å². The average molecular weight is 319 g/mol. The Kier molecular flexibility index (Phi) is 5.99. The Balaban J connectivity index is 1.71. The smallest absolute Gasteiger partial charge is 0.286 e. The molecule has 0 aliphatic heterocycles. The molecular formula is C16H21N3O4. The second-order valence-corrected chi connectivity index (χ2v) is 5.28. The lowest BCUT2D eigenvalue weighted by Gasteiger charge is -2.22. The summed E-state index contributed by atoms with van der Waals surface area (Å²) in [5.74, 6) is 0.560. The van der Waals surface area contributed by atoms with Crippen LogP contribution in [0.15, 0.2) is 45.6 Å². The van der Waals surface area contributed by atoms with Crippen molar-refractivity contribution in [3.05, 3.63) is 48.3 Å². The average Bonchev–Trinajstić information content (AvgIpc) is 3.20. The molecule has 124 valence electrons. The lowest BCUT2D eigenvalue weighted by molar-refractivity contribution is -0.121. The second kappa shape index (κ2) is 8.19. The highest BCUT2D eigenvalue weighted by atomic mass is 16.3. The van der Waals surface area contributed by atoms with E-state index in [2.05, 4.69) is 10.6 Å². The summed E-state index contributed by atoms with van der Waals surface area (Å²) in [5, 5.41) is 5.48. The third-order valence-electron chi connectivity index (χ3n) is 3.37. The predicted octanol–water partition coefficient (Wildman–Crippen LogP) is 1.41. The summed E-state index contributed by atoms with van der Waals surface area (Å²) in [7, 11) is 3.84. The molecule has 7 heteroatoms. The van der Waals surface area contributed by atoms with Crippen LogP contribution in [-0.2, 0) is 4.79 Å². The number of carbonyl (C=O) groups is 2. The van der Waals surface area contributed by atoms with Gasteiger partial charge in [-0.2, -0.15) is 0 Å². The van der Waals surface area contributed by atoms with Crippen molar-refractivity contribution in [1.29, 1.82) is 0 Å². The van der Waals surface area contributed by atoms with Gasteiger partial charge in [-0.3, -0.25) is 14.5 Å². The van der Waals surface area contributed by atoms with Crippen LogP contribution in [0.1, 0.15) is 28.8 Å². The minimum atomic E-state index is -0.329. The van der Waals surface area contributed by atoms with Crippen LogP contribution < -0.4 is 10.6 Å². The van der Waals surface area contributed by atoms with E-state index in [1.165, 1.54) is 6.26 Å². The molecule has 2 rings (SSSR count). The van der Waals surface area contributed by atoms with E-state index in [4.69, 9.17) is 8.83 Å². The molecule has 2 N–H and O–H groups in total. The van der Waals surface area contributed by atoms with E-state index in [1.54, 1.807) is 18.4 Å². The molecule has 1 unspecified atom stereocenters. The number of hydrogen-bond acceptors (Lipinski definition) is 5. The van der Waals surface area contributed by atoms with Gasteiger partial charge in [-0.05, 0) is 38.4 Å². The van der Waals surface area contributed by atoms with Crippen LogP contribution >= 0.6 is 0 Å².